The van der Waals surface area contributed by atoms with E-state index in [1.165, 1.54) is 11.8 Å². The smallest absolute Gasteiger partial charge is 0.191 e. The number of hydrogen-bond donors (Lipinski definition) is 1. The van der Waals surface area contributed by atoms with Crippen molar-refractivity contribution in [1.82, 2.24) is 19.7 Å². The summed E-state index contributed by atoms with van der Waals surface area (Å²) in [5, 5.41) is 10.1. The van der Waals surface area contributed by atoms with Gasteiger partial charge >= 0.3 is 0 Å². The molecule has 2 aromatic heterocycles. The number of nitrogens with one attached hydrogen (secondary N) is 1. The fourth-order valence-electron chi connectivity index (χ4n) is 4.39. The van der Waals surface area contributed by atoms with Gasteiger partial charge in [-0.2, -0.15) is 0 Å². The van der Waals surface area contributed by atoms with Crippen LogP contribution in [0.4, 0.5) is 0 Å². The van der Waals surface area contributed by atoms with E-state index in [4.69, 9.17) is 0 Å². The first-order chi connectivity index (χ1) is 15.9. The molecule has 3 heterocycles. The number of para-hydroxylation sites is 1. The summed E-state index contributed by atoms with van der Waals surface area (Å²) in [6.07, 6.45) is 1.25. The third kappa shape index (κ3) is 4.47. The van der Waals surface area contributed by atoms with Crippen LogP contribution in [-0.4, -0.2) is 51.2 Å². The summed E-state index contributed by atoms with van der Waals surface area (Å²) in [7, 11) is -1.06. The monoisotopic (exact) mass is 480 g/mol. The van der Waals surface area contributed by atoms with Crippen molar-refractivity contribution in [2.45, 2.75) is 18.0 Å². The summed E-state index contributed by atoms with van der Waals surface area (Å²) in [6, 6.07) is 17.7. The number of H-pyrrole nitrogens is 1. The average Bonchev–Trinajstić information content (AvgIpc) is 3.48. The quantitative estimate of drug-likeness (QED) is 0.318. The number of hydrogen-bond acceptors (Lipinski definition) is 6. The van der Waals surface area contributed by atoms with Gasteiger partial charge in [-0.3, -0.25) is 4.79 Å². The third-order valence-electron chi connectivity index (χ3n) is 6.10. The Bertz CT molecular complexity index is 1420. The lowest BCUT2D eigenvalue weighted by molar-refractivity contribution is 0.102. The zero-order chi connectivity index (χ0) is 23.0. The number of rotatable bonds is 7. The second-order valence-electron chi connectivity index (χ2n) is 8.43. The molecule has 1 fully saturated rings. The van der Waals surface area contributed by atoms with Gasteiger partial charge in [0.05, 0.1) is 28.5 Å². The van der Waals surface area contributed by atoms with Crippen molar-refractivity contribution in [2.75, 3.05) is 17.3 Å². The van der Waals surface area contributed by atoms with Gasteiger partial charge in [0.2, 0.25) is 0 Å². The van der Waals surface area contributed by atoms with Crippen molar-refractivity contribution in [3.05, 3.63) is 66.0 Å². The molecule has 5 rings (SSSR count). The zero-order valence-corrected chi connectivity index (χ0v) is 19.8. The Hall–Kier alpha value is -2.91. The van der Waals surface area contributed by atoms with Crippen molar-refractivity contribution in [1.29, 1.82) is 0 Å². The van der Waals surface area contributed by atoms with E-state index in [2.05, 4.69) is 15.2 Å². The second kappa shape index (κ2) is 8.79. The highest BCUT2D eigenvalue weighted by molar-refractivity contribution is 7.99. The fraction of sp³-hybridized carbons (Fsp3) is 0.292. The Morgan fingerprint density at radius 2 is 1.88 bits per heavy atom. The largest absolute Gasteiger partial charge is 0.354 e. The molecule has 9 heteroatoms. The van der Waals surface area contributed by atoms with Crippen LogP contribution in [0.3, 0.4) is 0 Å². The first-order valence-corrected chi connectivity index (χ1v) is 13.6. The van der Waals surface area contributed by atoms with Crippen LogP contribution in [0.1, 0.15) is 22.6 Å². The molecule has 4 aromatic rings. The summed E-state index contributed by atoms with van der Waals surface area (Å²) in [5.74, 6) is 1.54. The highest BCUT2D eigenvalue weighted by Gasteiger charge is 2.29. The van der Waals surface area contributed by atoms with Crippen LogP contribution < -0.4 is 0 Å². The van der Waals surface area contributed by atoms with Crippen LogP contribution in [0.2, 0.25) is 0 Å². The summed E-state index contributed by atoms with van der Waals surface area (Å²) in [6.45, 7) is 0. The first-order valence-electron chi connectivity index (χ1n) is 10.8. The maximum absolute atomic E-state index is 13.4. The van der Waals surface area contributed by atoms with Crippen LogP contribution in [-0.2, 0) is 23.3 Å². The van der Waals surface area contributed by atoms with E-state index < -0.39 is 9.84 Å². The van der Waals surface area contributed by atoms with Crippen molar-refractivity contribution in [3.8, 4) is 11.3 Å². The van der Waals surface area contributed by atoms with E-state index in [1.807, 2.05) is 66.2 Å². The Labute approximate surface area is 196 Å². The molecule has 0 aliphatic carbocycles. The van der Waals surface area contributed by atoms with E-state index in [-0.39, 0.29) is 29.0 Å². The molecule has 7 nitrogen and oxygen atoms in total. The van der Waals surface area contributed by atoms with Gasteiger partial charge in [-0.1, -0.05) is 60.3 Å². The third-order valence-corrected chi connectivity index (χ3v) is 8.96. The predicted octanol–water partition coefficient (Wildman–Crippen LogP) is 3.92. The number of aromatic amines is 1. The lowest BCUT2D eigenvalue weighted by Gasteiger charge is -2.08. The molecule has 170 valence electrons. The molecule has 0 amide bonds. The van der Waals surface area contributed by atoms with Gasteiger partial charge in [0.1, 0.15) is 5.82 Å². The van der Waals surface area contributed by atoms with Crippen LogP contribution in [0.15, 0.2) is 59.8 Å². The number of sulfone groups is 1. The summed E-state index contributed by atoms with van der Waals surface area (Å²) >= 11 is 1.35. The number of ketones is 1. The lowest BCUT2D eigenvalue weighted by atomic mass is 10.0. The zero-order valence-electron chi connectivity index (χ0n) is 18.2. The summed E-state index contributed by atoms with van der Waals surface area (Å²) in [4.78, 5) is 16.8. The molecule has 1 aliphatic heterocycles. The number of fused-ring (bicyclic) bond motifs is 1. The van der Waals surface area contributed by atoms with E-state index in [0.29, 0.717) is 23.6 Å². The average molecular weight is 481 g/mol. The molecule has 0 unspecified atom stereocenters. The predicted molar refractivity (Wildman–Crippen MR) is 130 cm³/mol. The minimum Gasteiger partial charge on any atom is -0.354 e. The number of benzene rings is 2. The normalized spacial score (nSPS) is 17.5. The number of nitrogens with zero attached hydrogens (tertiary/aromatic N) is 3. The molecular formula is C24H24N4O3S2. The van der Waals surface area contributed by atoms with Gasteiger partial charge in [-0.05, 0) is 24.0 Å². The molecule has 0 radical (unpaired) electrons. The number of carbonyl (C=O) groups excluding carboxylic acids is 1. The second-order valence-corrected chi connectivity index (χ2v) is 11.6. The van der Waals surface area contributed by atoms with E-state index in [9.17, 15) is 13.2 Å². The molecule has 0 saturated carbocycles. The van der Waals surface area contributed by atoms with Crippen LogP contribution >= 0.6 is 11.8 Å². The summed E-state index contributed by atoms with van der Waals surface area (Å²) in [5.41, 5.74) is 3.40. The van der Waals surface area contributed by atoms with Gasteiger partial charge in [-0.25, -0.2) is 8.42 Å². The SMILES string of the molecule is Cn1c(C[C@@H]2CCS(=O)(=O)C2)nnc1SCC(=O)c1c(-c2ccccc2)[nH]c2ccccc12. The Morgan fingerprint density at radius 3 is 2.64 bits per heavy atom. The van der Waals surface area contributed by atoms with Crippen LogP contribution in [0.25, 0.3) is 22.2 Å². The highest BCUT2D eigenvalue weighted by atomic mass is 32.2. The number of thioether (sulfide) groups is 1. The van der Waals surface area contributed by atoms with Gasteiger partial charge in [0, 0.05) is 24.4 Å². The standard InChI is InChI=1S/C24H24N4O3S2/c1-28-21(13-16-11-12-33(30,31)15-16)26-27-24(28)32-14-20(29)22-18-9-5-6-10-19(18)25-23(22)17-7-3-2-4-8-17/h2-10,16,25H,11-15H2,1H3/t16-/m0/s1. The molecule has 2 aromatic carbocycles. The summed E-state index contributed by atoms with van der Waals surface area (Å²) < 4.78 is 25.4. The molecule has 33 heavy (non-hydrogen) atoms. The van der Waals surface area contributed by atoms with Crippen LogP contribution in [0, 0.1) is 5.92 Å². The molecule has 1 saturated heterocycles. The Morgan fingerprint density at radius 1 is 1.12 bits per heavy atom. The maximum atomic E-state index is 13.4. The van der Waals surface area contributed by atoms with Gasteiger partial charge in [0.15, 0.2) is 20.8 Å². The molecule has 0 bridgehead atoms. The highest BCUT2D eigenvalue weighted by Crippen LogP contribution is 2.32. The van der Waals surface area contributed by atoms with Crippen molar-refractivity contribution < 1.29 is 13.2 Å². The molecule has 1 atom stereocenters. The van der Waals surface area contributed by atoms with Gasteiger partial charge < -0.3 is 9.55 Å². The van der Waals surface area contributed by atoms with E-state index in [1.54, 1.807) is 0 Å². The van der Waals surface area contributed by atoms with E-state index >= 15 is 0 Å². The molecule has 1 aliphatic rings. The number of aromatic nitrogens is 4. The lowest BCUT2D eigenvalue weighted by Crippen LogP contribution is -2.11. The van der Waals surface area contributed by atoms with Gasteiger partial charge in [-0.15, -0.1) is 10.2 Å². The van der Waals surface area contributed by atoms with Crippen molar-refractivity contribution >= 4 is 38.3 Å². The van der Waals surface area contributed by atoms with Crippen LogP contribution in [0.5, 0.6) is 0 Å². The maximum Gasteiger partial charge on any atom is 0.191 e. The minimum atomic E-state index is -2.92. The van der Waals surface area contributed by atoms with Crippen molar-refractivity contribution in [2.24, 2.45) is 13.0 Å². The first kappa shape index (κ1) is 21.9. The number of Topliss-reactive ketones (excluding diaryl/α,β-unsaturated/α-hetero) is 1. The Kier molecular flexibility index (Phi) is 5.84. The topological polar surface area (TPSA) is 97.7 Å². The van der Waals surface area contributed by atoms with Gasteiger partial charge in [0.25, 0.3) is 0 Å². The minimum absolute atomic E-state index is 0.0164. The molecule has 0 spiro atoms. The van der Waals surface area contributed by atoms with E-state index in [0.717, 1.165) is 28.0 Å². The molecule has 1 N–H and O–H groups in total. The molecular weight excluding hydrogens is 456 g/mol. The van der Waals surface area contributed by atoms with Crippen molar-refractivity contribution in [3.63, 3.8) is 0 Å². The fourth-order valence-corrected chi connectivity index (χ4v) is 7.06. The Balaban J connectivity index is 1.36. The number of carbonyl (C=O) groups is 1.